The second-order valence-corrected chi connectivity index (χ2v) is 15.0. The van der Waals surface area contributed by atoms with Crippen LogP contribution in [-0.2, 0) is 18.6 Å². The summed E-state index contributed by atoms with van der Waals surface area (Å²) in [6.07, 6.45) is 44.5. The normalized spacial score (nSPS) is 12.6. The molecule has 0 aromatic carbocycles. The van der Waals surface area contributed by atoms with Crippen LogP contribution in [0.15, 0.2) is 24.3 Å². The number of allylic oxidation sites excluding steroid dienone is 4. The molecule has 0 aliphatic carbocycles. The largest absolute Gasteiger partial charge is 0.469 e. The molecule has 1 atom stereocenters. The van der Waals surface area contributed by atoms with Gasteiger partial charge in [-0.25, -0.2) is 4.57 Å². The summed E-state index contributed by atoms with van der Waals surface area (Å²) in [6.45, 7) is 6.37. The van der Waals surface area contributed by atoms with Crippen LogP contribution in [0, 0.1) is 0 Å². The molecule has 0 bridgehead atoms. The van der Waals surface area contributed by atoms with Crippen molar-refractivity contribution in [2.75, 3.05) is 39.6 Å². The minimum atomic E-state index is -4.52. The quantitative estimate of drug-likeness (QED) is 0.0279. The van der Waals surface area contributed by atoms with E-state index < -0.39 is 13.9 Å². The Kier molecular flexibility index (Phi) is 46.0. The highest BCUT2D eigenvalue weighted by Crippen LogP contribution is 2.35. The van der Waals surface area contributed by atoms with Crippen molar-refractivity contribution < 1.29 is 33.5 Å². The van der Waals surface area contributed by atoms with Gasteiger partial charge in [-0.2, -0.15) is 0 Å². The summed E-state index contributed by atoms with van der Waals surface area (Å²) in [5.74, 6) is 0. The van der Waals surface area contributed by atoms with Crippen molar-refractivity contribution in [3.8, 4) is 0 Å². The van der Waals surface area contributed by atoms with E-state index in [-0.39, 0.29) is 13.2 Å². The molecule has 0 saturated carbocycles. The summed E-state index contributed by atoms with van der Waals surface area (Å²) in [4.78, 5) is 18.2. The van der Waals surface area contributed by atoms with Crippen LogP contribution in [0.1, 0.15) is 194 Å². The molecule has 0 aromatic heterocycles. The first-order valence-corrected chi connectivity index (χ1v) is 22.4. The van der Waals surface area contributed by atoms with Gasteiger partial charge in [-0.3, -0.25) is 4.52 Å². The van der Waals surface area contributed by atoms with Crippen molar-refractivity contribution in [3.05, 3.63) is 24.3 Å². The lowest BCUT2D eigenvalue weighted by molar-refractivity contribution is -0.0429. The molecule has 1 unspecified atom stereocenters. The standard InChI is InChI=1S/C39H77O6P.C2H7NO/c1-3-5-7-9-11-13-15-17-19-21-23-25-27-29-31-33-35-43-37-39(38-45-46(40,41)42)44-36-34-32-30-28-26-24-22-20-18-16-14-12-10-8-6-4-2;3-1-2-4/h17-20,39H,3-16,21-38H2,1-2H3,(H2,40,41,42);4H,1-3H2/b19-17-,20-18-;. The Bertz CT molecular complexity index is 730. The van der Waals surface area contributed by atoms with Crippen molar-refractivity contribution >= 4 is 7.82 Å². The molecule has 0 saturated heterocycles. The molecule has 0 heterocycles. The van der Waals surface area contributed by atoms with Crippen molar-refractivity contribution in [2.45, 2.75) is 200 Å². The summed E-state index contributed by atoms with van der Waals surface area (Å²) < 4.78 is 27.6. The van der Waals surface area contributed by atoms with Crippen LogP contribution in [0.3, 0.4) is 0 Å². The lowest BCUT2D eigenvalue weighted by Gasteiger charge is -2.18. The van der Waals surface area contributed by atoms with Gasteiger partial charge in [0.15, 0.2) is 0 Å². The number of phosphoric ester groups is 1. The minimum absolute atomic E-state index is 0.0972. The van der Waals surface area contributed by atoms with Gasteiger partial charge in [0.05, 0.1) is 19.8 Å². The van der Waals surface area contributed by atoms with E-state index in [9.17, 15) is 4.57 Å². The van der Waals surface area contributed by atoms with Crippen LogP contribution in [-0.4, -0.2) is 60.6 Å². The van der Waals surface area contributed by atoms with Crippen molar-refractivity contribution in [1.29, 1.82) is 0 Å². The molecule has 0 aromatic rings. The first-order chi connectivity index (χ1) is 24.4. The first kappa shape index (κ1) is 51.5. The summed E-state index contributed by atoms with van der Waals surface area (Å²) in [5.41, 5.74) is 4.78. The van der Waals surface area contributed by atoms with E-state index in [2.05, 4.69) is 38.2 Å². The second kappa shape index (κ2) is 44.6. The van der Waals surface area contributed by atoms with Crippen LogP contribution in [0.5, 0.6) is 0 Å². The highest BCUT2D eigenvalue weighted by molar-refractivity contribution is 7.46. The number of aliphatic hydroxyl groups excluding tert-OH is 1. The third-order valence-corrected chi connectivity index (χ3v) is 9.16. The Balaban J connectivity index is 0. The van der Waals surface area contributed by atoms with Gasteiger partial charge in [-0.1, -0.05) is 154 Å². The van der Waals surface area contributed by atoms with Gasteiger partial charge >= 0.3 is 7.82 Å². The molecule has 0 radical (unpaired) electrons. The van der Waals surface area contributed by atoms with Crippen molar-refractivity contribution in [3.63, 3.8) is 0 Å². The topological polar surface area (TPSA) is 131 Å². The maximum atomic E-state index is 11.2. The smallest absolute Gasteiger partial charge is 0.395 e. The summed E-state index contributed by atoms with van der Waals surface area (Å²) >= 11 is 0. The number of aliphatic hydroxyl groups is 1. The summed E-state index contributed by atoms with van der Waals surface area (Å²) in [6, 6.07) is 0. The Morgan fingerprint density at radius 3 is 1.24 bits per heavy atom. The molecule has 0 spiro atoms. The average Bonchev–Trinajstić information content (AvgIpc) is 3.10. The van der Waals surface area contributed by atoms with E-state index >= 15 is 0 Å². The molecule has 50 heavy (non-hydrogen) atoms. The predicted octanol–water partition coefficient (Wildman–Crippen LogP) is 11.5. The lowest BCUT2D eigenvalue weighted by Crippen LogP contribution is -2.26. The van der Waals surface area contributed by atoms with Gasteiger partial charge in [-0.05, 0) is 64.2 Å². The zero-order valence-corrected chi connectivity index (χ0v) is 33.8. The maximum Gasteiger partial charge on any atom is 0.469 e. The van der Waals surface area contributed by atoms with Gasteiger partial charge in [0.25, 0.3) is 0 Å². The first-order valence-electron chi connectivity index (χ1n) is 20.9. The zero-order chi connectivity index (χ0) is 37.1. The highest BCUT2D eigenvalue weighted by Gasteiger charge is 2.19. The third kappa shape index (κ3) is 49.5. The average molecular weight is 734 g/mol. The number of unbranched alkanes of at least 4 members (excludes halogenated alkanes) is 24. The minimum Gasteiger partial charge on any atom is -0.395 e. The van der Waals surface area contributed by atoms with E-state index in [4.69, 9.17) is 34.6 Å². The van der Waals surface area contributed by atoms with Gasteiger partial charge in [-0.15, -0.1) is 0 Å². The zero-order valence-electron chi connectivity index (χ0n) is 32.9. The van der Waals surface area contributed by atoms with Crippen LogP contribution in [0.4, 0.5) is 0 Å². The molecule has 5 N–H and O–H groups in total. The number of nitrogens with two attached hydrogens (primary N) is 1. The van der Waals surface area contributed by atoms with Gasteiger partial charge in [0.1, 0.15) is 6.10 Å². The van der Waals surface area contributed by atoms with E-state index in [1.165, 1.54) is 154 Å². The Morgan fingerprint density at radius 1 is 0.540 bits per heavy atom. The third-order valence-electron chi connectivity index (χ3n) is 8.67. The number of hydrogen-bond donors (Lipinski definition) is 4. The number of phosphoric acid groups is 1. The summed E-state index contributed by atoms with van der Waals surface area (Å²) in [5, 5.41) is 7.75. The SMILES string of the molecule is CCCCCCCC/C=C\CCCCCCCCOCC(COP(=O)(O)O)OCCCCCCCC/C=C\CCCCCCCC.NCCO. The van der Waals surface area contributed by atoms with Gasteiger partial charge in [0.2, 0.25) is 0 Å². The fraction of sp³-hybridized carbons (Fsp3) is 0.902. The number of ether oxygens (including phenoxy) is 2. The molecule has 300 valence electrons. The molecule has 0 aliphatic rings. The van der Waals surface area contributed by atoms with Crippen molar-refractivity contribution in [1.82, 2.24) is 0 Å². The van der Waals surface area contributed by atoms with Crippen LogP contribution >= 0.6 is 7.82 Å². The fourth-order valence-electron chi connectivity index (χ4n) is 5.59. The van der Waals surface area contributed by atoms with Crippen LogP contribution in [0.2, 0.25) is 0 Å². The molecule has 0 aliphatic heterocycles. The van der Waals surface area contributed by atoms with Crippen molar-refractivity contribution in [2.24, 2.45) is 5.73 Å². The Labute approximate surface area is 310 Å². The van der Waals surface area contributed by atoms with E-state index in [0.717, 1.165) is 25.7 Å². The molecule has 8 nitrogen and oxygen atoms in total. The predicted molar refractivity (Wildman–Crippen MR) is 214 cm³/mol. The molecule has 0 rings (SSSR count). The summed E-state index contributed by atoms with van der Waals surface area (Å²) in [7, 11) is -4.52. The number of rotatable bonds is 39. The van der Waals surface area contributed by atoms with E-state index in [1.54, 1.807) is 0 Å². The molecular weight excluding hydrogens is 649 g/mol. The Morgan fingerprint density at radius 2 is 0.880 bits per heavy atom. The van der Waals surface area contributed by atoms with Crippen LogP contribution < -0.4 is 5.73 Å². The second-order valence-electron chi connectivity index (χ2n) is 13.7. The molecule has 9 heteroatoms. The Hall–Kier alpha value is -0.570. The fourth-order valence-corrected chi connectivity index (χ4v) is 5.95. The van der Waals surface area contributed by atoms with E-state index in [0.29, 0.717) is 26.4 Å². The molecule has 0 amide bonds. The monoisotopic (exact) mass is 734 g/mol. The highest BCUT2D eigenvalue weighted by atomic mass is 31.2. The number of hydrogen-bond acceptors (Lipinski definition) is 6. The molecule has 0 fully saturated rings. The lowest BCUT2D eigenvalue weighted by atomic mass is 10.1. The van der Waals surface area contributed by atoms with Gasteiger partial charge < -0.3 is 30.1 Å². The molecular formula is C41H84NO7P. The van der Waals surface area contributed by atoms with Gasteiger partial charge in [0, 0.05) is 19.8 Å². The van der Waals surface area contributed by atoms with E-state index in [1.807, 2.05) is 0 Å². The maximum absolute atomic E-state index is 11.2. The van der Waals surface area contributed by atoms with Crippen LogP contribution in [0.25, 0.3) is 0 Å².